The molecule has 1 saturated heterocycles. The Morgan fingerprint density at radius 3 is 2.84 bits per heavy atom. The summed E-state index contributed by atoms with van der Waals surface area (Å²) in [6.07, 6.45) is 9.32. The lowest BCUT2D eigenvalue weighted by Gasteiger charge is -2.21. The highest BCUT2D eigenvalue weighted by atomic mass is 16.5. The number of aryl methyl sites for hydroxylation is 1. The SMILES string of the molecule is Cc1ncc(NC(=O)C2=CC=NC(C(C)(C)C#N)=C=C2)cc1C1C=NC(N=C2CCOC2)=C(C#N)CC1C. The van der Waals surface area contributed by atoms with Gasteiger partial charge in [0.25, 0.3) is 5.91 Å². The highest BCUT2D eigenvalue weighted by molar-refractivity contribution is 6.08. The molecule has 0 spiro atoms. The molecule has 1 aromatic rings. The van der Waals surface area contributed by atoms with E-state index >= 15 is 0 Å². The first kappa shape index (κ1) is 26.6. The van der Waals surface area contributed by atoms with Gasteiger partial charge in [0.05, 0.1) is 42.8 Å². The number of allylic oxidation sites excluding steroid dienone is 2. The smallest absolute Gasteiger partial charge is 0.256 e. The maximum Gasteiger partial charge on any atom is 0.256 e. The van der Waals surface area contributed by atoms with Crippen LogP contribution in [0.15, 0.2) is 67.8 Å². The maximum atomic E-state index is 13.0. The molecule has 4 rings (SSSR count). The van der Waals surface area contributed by atoms with Crippen LogP contribution in [0.2, 0.25) is 0 Å². The zero-order valence-corrected chi connectivity index (χ0v) is 21.9. The number of pyridine rings is 1. The van der Waals surface area contributed by atoms with E-state index in [0.717, 1.165) is 23.4 Å². The third-order valence-corrected chi connectivity index (χ3v) is 6.67. The van der Waals surface area contributed by atoms with Crippen molar-refractivity contribution in [1.82, 2.24) is 4.98 Å². The van der Waals surface area contributed by atoms with E-state index in [2.05, 4.69) is 50.1 Å². The average Bonchev–Trinajstić information content (AvgIpc) is 3.20. The van der Waals surface area contributed by atoms with Crippen LogP contribution in [0.4, 0.5) is 5.69 Å². The summed E-state index contributed by atoms with van der Waals surface area (Å²) in [5.41, 5.74) is 6.67. The Bertz CT molecular complexity index is 1450. The van der Waals surface area contributed by atoms with Crippen molar-refractivity contribution in [1.29, 1.82) is 10.5 Å². The molecule has 1 fully saturated rings. The third kappa shape index (κ3) is 5.92. The van der Waals surface area contributed by atoms with Gasteiger partial charge in [0.1, 0.15) is 11.1 Å². The maximum absolute atomic E-state index is 13.0. The van der Waals surface area contributed by atoms with Crippen LogP contribution in [0.1, 0.15) is 50.8 Å². The molecule has 192 valence electrons. The van der Waals surface area contributed by atoms with Crippen molar-refractivity contribution in [3.63, 3.8) is 0 Å². The first-order valence-corrected chi connectivity index (χ1v) is 12.4. The number of nitrogens with one attached hydrogen (secondary N) is 1. The molecule has 2 atom stereocenters. The molecular weight excluding hydrogens is 478 g/mol. The van der Waals surface area contributed by atoms with Gasteiger partial charge in [-0.1, -0.05) is 12.7 Å². The summed E-state index contributed by atoms with van der Waals surface area (Å²) in [6, 6.07) is 6.37. The first-order valence-electron chi connectivity index (χ1n) is 12.4. The van der Waals surface area contributed by atoms with Crippen molar-refractivity contribution in [2.75, 3.05) is 18.5 Å². The fourth-order valence-corrected chi connectivity index (χ4v) is 4.30. The number of hydrogen-bond donors (Lipinski definition) is 1. The fraction of sp³-hybridized carbons (Fsp3) is 0.379. The van der Waals surface area contributed by atoms with Crippen molar-refractivity contribution in [3.05, 3.63) is 64.1 Å². The van der Waals surface area contributed by atoms with E-state index in [1.807, 2.05) is 19.2 Å². The Labute approximate surface area is 222 Å². The summed E-state index contributed by atoms with van der Waals surface area (Å²) in [6.45, 7) is 8.58. The summed E-state index contributed by atoms with van der Waals surface area (Å²) >= 11 is 0. The van der Waals surface area contributed by atoms with Crippen LogP contribution in [-0.2, 0) is 9.53 Å². The van der Waals surface area contributed by atoms with E-state index in [0.29, 0.717) is 48.0 Å². The quantitative estimate of drug-likeness (QED) is 0.575. The van der Waals surface area contributed by atoms with Crippen LogP contribution in [0.3, 0.4) is 0 Å². The van der Waals surface area contributed by atoms with Crippen LogP contribution in [0, 0.1) is 40.9 Å². The number of hydrogen-bond acceptors (Lipinski definition) is 8. The number of anilines is 1. The highest BCUT2D eigenvalue weighted by Gasteiger charge is 2.27. The Kier molecular flexibility index (Phi) is 7.93. The number of amides is 1. The van der Waals surface area contributed by atoms with Crippen molar-refractivity contribution < 1.29 is 9.53 Å². The molecule has 2 unspecified atom stereocenters. The second-order valence-corrected chi connectivity index (χ2v) is 10.0. The second kappa shape index (κ2) is 11.3. The fourth-order valence-electron chi connectivity index (χ4n) is 4.30. The number of aliphatic imine (C=N–C) groups is 3. The molecule has 0 aliphatic carbocycles. The predicted octanol–water partition coefficient (Wildman–Crippen LogP) is 4.72. The number of carbonyl (C=O) groups excluding carboxylic acids is 1. The molecule has 38 heavy (non-hydrogen) atoms. The summed E-state index contributed by atoms with van der Waals surface area (Å²) in [4.78, 5) is 31.0. The molecule has 0 bridgehead atoms. The van der Waals surface area contributed by atoms with Gasteiger partial charge in [-0.25, -0.2) is 9.98 Å². The molecule has 0 aromatic carbocycles. The lowest BCUT2D eigenvalue weighted by molar-refractivity contribution is -0.112. The largest absolute Gasteiger partial charge is 0.375 e. The summed E-state index contributed by atoms with van der Waals surface area (Å²) in [5, 5.41) is 22.0. The van der Waals surface area contributed by atoms with Crippen molar-refractivity contribution in [2.45, 2.75) is 46.5 Å². The van der Waals surface area contributed by atoms with Gasteiger partial charge in [-0.05, 0) is 56.9 Å². The molecule has 1 amide bonds. The van der Waals surface area contributed by atoms with Gasteiger partial charge >= 0.3 is 0 Å². The van der Waals surface area contributed by atoms with Gasteiger partial charge in [-0.3, -0.25) is 14.8 Å². The normalized spacial score (nSPS) is 22.3. The highest BCUT2D eigenvalue weighted by Crippen LogP contribution is 2.34. The standard InChI is InChI=1S/C29H29N7O2/c1-18-11-21(13-30)27(35-22-8-10-38-16-22)34-15-25(18)24-12-23(14-33-19(24)2)36-28(37)20-5-6-26(32-9-7-20)29(3,4)17-31/h5,7,9,12,14-15,18,25H,8,10-11,16H2,1-4H3,(H,36,37). The third-order valence-electron chi connectivity index (χ3n) is 6.67. The van der Waals surface area contributed by atoms with Gasteiger partial charge in [0.15, 0.2) is 5.82 Å². The molecule has 1 N–H and O–H groups in total. The monoisotopic (exact) mass is 507 g/mol. The Morgan fingerprint density at radius 2 is 2.13 bits per heavy atom. The van der Waals surface area contributed by atoms with Crippen LogP contribution in [-0.4, -0.2) is 42.2 Å². The molecule has 3 aliphatic heterocycles. The van der Waals surface area contributed by atoms with E-state index in [1.165, 1.54) is 12.3 Å². The topological polar surface area (TPSA) is 136 Å². The zero-order valence-electron chi connectivity index (χ0n) is 21.9. The molecule has 0 saturated carbocycles. The zero-order chi connectivity index (χ0) is 27.3. The van der Waals surface area contributed by atoms with E-state index in [4.69, 9.17) is 4.74 Å². The van der Waals surface area contributed by atoms with Crippen molar-refractivity contribution in [3.8, 4) is 12.1 Å². The molecule has 0 radical (unpaired) electrons. The minimum atomic E-state index is -0.823. The van der Waals surface area contributed by atoms with Crippen LogP contribution in [0.25, 0.3) is 0 Å². The van der Waals surface area contributed by atoms with E-state index in [1.54, 1.807) is 26.1 Å². The van der Waals surface area contributed by atoms with Gasteiger partial charge in [0.2, 0.25) is 0 Å². The Morgan fingerprint density at radius 1 is 1.32 bits per heavy atom. The number of nitrogens with zero attached hydrogens (tertiary/aromatic N) is 6. The molecule has 1 aromatic heterocycles. The van der Waals surface area contributed by atoms with Crippen LogP contribution < -0.4 is 5.32 Å². The summed E-state index contributed by atoms with van der Waals surface area (Å²) in [7, 11) is 0. The number of aromatic nitrogens is 1. The van der Waals surface area contributed by atoms with Gasteiger partial charge in [-0.15, -0.1) is 0 Å². The van der Waals surface area contributed by atoms with Crippen LogP contribution in [0.5, 0.6) is 0 Å². The van der Waals surface area contributed by atoms with Gasteiger partial charge in [-0.2, -0.15) is 10.5 Å². The lowest BCUT2D eigenvalue weighted by Crippen LogP contribution is -2.16. The second-order valence-electron chi connectivity index (χ2n) is 10.0. The van der Waals surface area contributed by atoms with Gasteiger partial charge in [0, 0.05) is 41.7 Å². The average molecular weight is 508 g/mol. The van der Waals surface area contributed by atoms with Crippen molar-refractivity contribution in [2.24, 2.45) is 26.3 Å². The molecule has 4 heterocycles. The van der Waals surface area contributed by atoms with E-state index in [9.17, 15) is 15.3 Å². The van der Waals surface area contributed by atoms with E-state index < -0.39 is 5.41 Å². The van der Waals surface area contributed by atoms with E-state index in [-0.39, 0.29) is 17.7 Å². The minimum Gasteiger partial charge on any atom is -0.375 e. The number of carbonyl (C=O) groups is 1. The number of nitriles is 2. The lowest BCUT2D eigenvalue weighted by atomic mass is 9.84. The molecule has 9 heteroatoms. The van der Waals surface area contributed by atoms with Gasteiger partial charge < -0.3 is 10.1 Å². The molecule has 3 aliphatic rings. The summed E-state index contributed by atoms with van der Waals surface area (Å²) < 4.78 is 5.38. The minimum absolute atomic E-state index is 0.0631. The number of rotatable bonds is 5. The Hall–Kier alpha value is -4.43. The van der Waals surface area contributed by atoms with Crippen LogP contribution >= 0.6 is 0 Å². The number of ether oxygens (including phenoxy) is 1. The predicted molar refractivity (Wildman–Crippen MR) is 146 cm³/mol. The summed E-state index contributed by atoms with van der Waals surface area (Å²) in [5.74, 6) is 0.0406. The molecule has 9 nitrogen and oxygen atoms in total. The molecular formula is C29H29N7O2. The van der Waals surface area contributed by atoms with Crippen molar-refractivity contribution >= 4 is 29.7 Å². The first-order chi connectivity index (χ1) is 18.2. The Balaban J connectivity index is 1.57.